The molecule has 0 bridgehead atoms. The van der Waals surface area contributed by atoms with Crippen LogP contribution in [0.5, 0.6) is 6.01 Å². The molecule has 0 fully saturated rings. The first kappa shape index (κ1) is 18.5. The number of carbonyl (C=O) groups is 2. The van der Waals surface area contributed by atoms with Gasteiger partial charge in [-0.15, -0.1) is 27.2 Å². The molecular weight excluding hydrogens is 356 g/mol. The summed E-state index contributed by atoms with van der Waals surface area (Å²) < 4.78 is 9.38. The molecule has 2 heterocycles. The maximum Gasteiger partial charge on any atom is 0.372 e. The third kappa shape index (κ3) is 4.36. The third-order valence-corrected chi connectivity index (χ3v) is 3.63. The largest absolute Gasteiger partial charge is 0.467 e. The highest BCUT2D eigenvalue weighted by Crippen LogP contribution is 2.28. The molecule has 0 aliphatic rings. The van der Waals surface area contributed by atoms with Gasteiger partial charge in [-0.1, -0.05) is 0 Å². The first-order valence-electron chi connectivity index (χ1n) is 6.63. The van der Waals surface area contributed by atoms with E-state index in [1.54, 1.807) is 6.92 Å². The van der Waals surface area contributed by atoms with Crippen LogP contribution in [0.4, 0.5) is 16.4 Å². The number of anilines is 1. The van der Waals surface area contributed by atoms with Gasteiger partial charge in [0.25, 0.3) is 5.69 Å². The summed E-state index contributed by atoms with van der Waals surface area (Å²) in [6, 6.07) is 0.162. The van der Waals surface area contributed by atoms with Crippen LogP contribution in [0.25, 0.3) is 0 Å². The third-order valence-electron chi connectivity index (χ3n) is 2.74. The molecule has 2 aromatic heterocycles. The summed E-state index contributed by atoms with van der Waals surface area (Å²) in [7, 11) is 2.48. The highest BCUT2D eigenvalue weighted by molar-refractivity contribution is 7.12. The zero-order valence-electron chi connectivity index (χ0n) is 13.4. The van der Waals surface area contributed by atoms with Gasteiger partial charge in [0.05, 0.1) is 19.1 Å². The Hall–Kier alpha value is -2.87. The summed E-state index contributed by atoms with van der Waals surface area (Å²) in [4.78, 5) is 32.9. The molecule has 0 saturated heterocycles. The Balaban J connectivity index is 2.15. The van der Waals surface area contributed by atoms with Crippen molar-refractivity contribution in [3.63, 3.8) is 0 Å². The van der Waals surface area contributed by atoms with Crippen molar-refractivity contribution >= 4 is 35.0 Å². The van der Waals surface area contributed by atoms with Crippen LogP contribution in [0, 0.1) is 6.92 Å². The average Bonchev–Trinajstić information content (AvgIpc) is 3.03. The van der Waals surface area contributed by atoms with E-state index in [2.05, 4.69) is 25.0 Å². The normalized spacial score (nSPS) is 10.9. The average molecular weight is 371 g/mol. The fourth-order valence-electron chi connectivity index (χ4n) is 1.73. The predicted octanol–water partition coefficient (Wildman–Crippen LogP) is 0.859. The van der Waals surface area contributed by atoms with Crippen molar-refractivity contribution in [2.45, 2.75) is 6.92 Å². The maximum absolute atomic E-state index is 12.0. The van der Waals surface area contributed by atoms with Crippen LogP contribution in [0.1, 0.15) is 15.5 Å². The van der Waals surface area contributed by atoms with Crippen molar-refractivity contribution in [2.75, 3.05) is 19.5 Å². The summed E-state index contributed by atoms with van der Waals surface area (Å²) >= 11 is 0.916. The summed E-state index contributed by atoms with van der Waals surface area (Å²) in [5.41, 5.74) is 1.54. The molecule has 2 amide bonds. The minimum absolute atomic E-state index is 0.0256. The molecule has 0 aliphatic heterocycles. The SMILES string of the molecule is COC(=O)c1sccc1[N+](O)(O)NC(=O)Nc1nc(C)nc(OC)n1. The molecule has 0 aliphatic carbocycles. The number of quaternary nitrogens is 1. The number of hydrogen-bond acceptors (Lipinski definition) is 10. The number of amides is 2. The molecule has 2 rings (SSSR count). The van der Waals surface area contributed by atoms with Crippen molar-refractivity contribution < 1.29 is 29.5 Å². The number of nitrogens with zero attached hydrogens (tertiary/aromatic N) is 4. The molecule has 0 saturated carbocycles. The van der Waals surface area contributed by atoms with Crippen molar-refractivity contribution in [3.05, 3.63) is 22.1 Å². The molecule has 13 heteroatoms. The molecule has 0 unspecified atom stereocenters. The number of carbonyl (C=O) groups excluding carboxylic acids is 2. The first-order chi connectivity index (χ1) is 11.8. The Labute approximate surface area is 145 Å². The Morgan fingerprint density at radius 2 is 1.96 bits per heavy atom. The monoisotopic (exact) mass is 371 g/mol. The highest BCUT2D eigenvalue weighted by atomic mass is 32.1. The number of ether oxygens (including phenoxy) is 2. The van der Waals surface area contributed by atoms with Crippen LogP contribution in [0.3, 0.4) is 0 Å². The van der Waals surface area contributed by atoms with E-state index in [4.69, 9.17) is 4.74 Å². The van der Waals surface area contributed by atoms with Crippen LogP contribution in [-0.2, 0) is 4.74 Å². The van der Waals surface area contributed by atoms with Crippen LogP contribution in [0.15, 0.2) is 11.4 Å². The van der Waals surface area contributed by atoms with E-state index in [1.807, 2.05) is 5.43 Å². The molecule has 2 aromatic rings. The summed E-state index contributed by atoms with van der Waals surface area (Å²) in [6.45, 7) is 1.56. The van der Waals surface area contributed by atoms with Gasteiger partial charge in [-0.2, -0.15) is 15.0 Å². The van der Waals surface area contributed by atoms with E-state index < -0.39 is 16.9 Å². The van der Waals surface area contributed by atoms with E-state index >= 15 is 0 Å². The van der Waals surface area contributed by atoms with E-state index in [0.29, 0.717) is 0 Å². The molecular formula is C12H15N6O6S+. The Morgan fingerprint density at radius 3 is 2.60 bits per heavy atom. The fraction of sp³-hybridized carbons (Fsp3) is 0.250. The van der Waals surface area contributed by atoms with Crippen LogP contribution >= 0.6 is 11.3 Å². The number of methoxy groups -OCH3 is 2. The predicted molar refractivity (Wildman–Crippen MR) is 84.3 cm³/mol. The lowest BCUT2D eigenvalue weighted by molar-refractivity contribution is -0.314. The van der Waals surface area contributed by atoms with Gasteiger partial charge in [-0.3, -0.25) is 5.32 Å². The lowest BCUT2D eigenvalue weighted by atomic mass is 10.4. The second-order valence-corrected chi connectivity index (χ2v) is 5.40. The van der Waals surface area contributed by atoms with Gasteiger partial charge in [0.2, 0.25) is 5.95 Å². The van der Waals surface area contributed by atoms with Crippen LogP contribution in [0.2, 0.25) is 0 Å². The molecule has 134 valence electrons. The number of hydrogen-bond donors (Lipinski definition) is 4. The quantitative estimate of drug-likeness (QED) is 0.340. The fourth-order valence-corrected chi connectivity index (χ4v) is 2.56. The van der Waals surface area contributed by atoms with Gasteiger partial charge in [-0.25, -0.2) is 9.59 Å². The van der Waals surface area contributed by atoms with Crippen molar-refractivity contribution in [2.24, 2.45) is 0 Å². The summed E-state index contributed by atoms with van der Waals surface area (Å²) in [5, 5.41) is 23.7. The van der Waals surface area contributed by atoms with E-state index in [9.17, 15) is 20.0 Å². The number of aryl methyl sites for hydroxylation is 1. The van der Waals surface area contributed by atoms with E-state index in [0.717, 1.165) is 18.4 Å². The van der Waals surface area contributed by atoms with Crippen LogP contribution < -0.4 is 20.4 Å². The minimum atomic E-state index is -2.08. The number of esters is 1. The van der Waals surface area contributed by atoms with E-state index in [1.165, 1.54) is 18.6 Å². The van der Waals surface area contributed by atoms with Crippen molar-refractivity contribution in [3.8, 4) is 6.01 Å². The molecule has 0 atom stereocenters. The number of urea groups is 1. The second-order valence-electron chi connectivity index (χ2n) is 4.49. The molecule has 0 spiro atoms. The Kier molecular flexibility index (Phi) is 5.43. The molecule has 25 heavy (non-hydrogen) atoms. The minimum Gasteiger partial charge on any atom is -0.467 e. The molecule has 12 nitrogen and oxygen atoms in total. The number of nitrogens with one attached hydrogen (secondary N) is 2. The summed E-state index contributed by atoms with van der Waals surface area (Å²) in [5.74, 6) is -0.669. The lowest BCUT2D eigenvalue weighted by Crippen LogP contribution is -2.58. The number of aromatic nitrogens is 3. The number of rotatable bonds is 5. The topological polar surface area (TPSA) is 156 Å². The van der Waals surface area contributed by atoms with Crippen LogP contribution in [-0.4, -0.2) is 51.6 Å². The zero-order chi connectivity index (χ0) is 18.6. The van der Waals surface area contributed by atoms with E-state index in [-0.39, 0.29) is 28.3 Å². The van der Waals surface area contributed by atoms with Gasteiger partial charge in [0.15, 0.2) is 4.88 Å². The van der Waals surface area contributed by atoms with Gasteiger partial charge in [-0.05, 0) is 12.3 Å². The van der Waals surface area contributed by atoms with Gasteiger partial charge in [0.1, 0.15) is 5.82 Å². The Bertz CT molecular complexity index is 794. The smallest absolute Gasteiger partial charge is 0.372 e. The van der Waals surface area contributed by atoms with Gasteiger partial charge in [0, 0.05) is 6.07 Å². The van der Waals surface area contributed by atoms with Crippen molar-refractivity contribution in [1.82, 2.24) is 25.3 Å². The van der Waals surface area contributed by atoms with Crippen molar-refractivity contribution in [1.29, 1.82) is 0 Å². The highest BCUT2D eigenvalue weighted by Gasteiger charge is 2.37. The van der Waals surface area contributed by atoms with Gasteiger partial charge >= 0.3 is 18.0 Å². The zero-order valence-corrected chi connectivity index (χ0v) is 14.2. The van der Waals surface area contributed by atoms with Gasteiger partial charge < -0.3 is 9.47 Å². The number of thiophene rings is 1. The Morgan fingerprint density at radius 1 is 1.24 bits per heavy atom. The molecule has 0 aromatic carbocycles. The standard InChI is InChI=1S/C12H14N6O6S/c1-6-13-10(16-12(14-6)24-3)15-11(20)17-18(21,22)7-4-5-25-8(7)9(19)23-2/h4-5,21-22H,1-3H3,(H-,13,14,15,16,17,20)/p+1. The lowest BCUT2D eigenvalue weighted by Gasteiger charge is -2.19. The molecule has 0 radical (unpaired) electrons. The maximum atomic E-state index is 12.0. The second kappa shape index (κ2) is 7.35. The first-order valence-corrected chi connectivity index (χ1v) is 7.51. The molecule has 4 N–H and O–H groups in total. The summed E-state index contributed by atoms with van der Waals surface area (Å²) in [6.07, 6.45) is 0.